The van der Waals surface area contributed by atoms with Crippen LogP contribution in [0.4, 0.5) is 5.69 Å². The molecule has 1 N–H and O–H groups in total. The molecule has 0 saturated carbocycles. The maximum Gasteiger partial charge on any atom is 0.121 e. The summed E-state index contributed by atoms with van der Waals surface area (Å²) in [6.45, 7) is 2.89. The molecule has 0 aliphatic heterocycles. The second kappa shape index (κ2) is 5.56. The minimum absolute atomic E-state index is 0.841. The minimum atomic E-state index is 0.841. The molecule has 0 amide bonds. The number of thiophene rings is 1. The van der Waals surface area contributed by atoms with E-state index >= 15 is 0 Å². The Bertz CT molecular complexity index is 510. The second-order valence-corrected chi connectivity index (χ2v) is 6.09. The van der Waals surface area contributed by atoms with Crippen LogP contribution in [0, 0.1) is 6.92 Å². The van der Waals surface area contributed by atoms with E-state index in [1.807, 2.05) is 19.1 Å². The third-order valence-electron chi connectivity index (χ3n) is 2.51. The zero-order chi connectivity index (χ0) is 12.3. The topological polar surface area (TPSA) is 21.3 Å². The van der Waals surface area contributed by atoms with Crippen molar-refractivity contribution in [3.8, 4) is 5.75 Å². The minimum Gasteiger partial charge on any atom is -0.496 e. The number of halogens is 1. The zero-order valence-electron chi connectivity index (χ0n) is 9.79. The van der Waals surface area contributed by atoms with Gasteiger partial charge in [0.05, 0.1) is 10.9 Å². The second-order valence-electron chi connectivity index (χ2n) is 3.80. The largest absolute Gasteiger partial charge is 0.496 e. The molecule has 0 aliphatic rings. The van der Waals surface area contributed by atoms with Crippen LogP contribution in [-0.2, 0) is 6.54 Å². The summed E-state index contributed by atoms with van der Waals surface area (Å²) >= 11 is 5.17. The summed E-state index contributed by atoms with van der Waals surface area (Å²) in [6, 6.07) is 8.25. The number of benzene rings is 1. The monoisotopic (exact) mass is 311 g/mol. The first-order valence-electron chi connectivity index (χ1n) is 5.30. The summed E-state index contributed by atoms with van der Waals surface area (Å²) < 4.78 is 6.40. The van der Waals surface area contributed by atoms with Crippen molar-refractivity contribution >= 4 is 33.0 Å². The normalized spacial score (nSPS) is 10.3. The fourth-order valence-electron chi connectivity index (χ4n) is 1.63. The van der Waals surface area contributed by atoms with Crippen LogP contribution in [0.2, 0.25) is 0 Å². The van der Waals surface area contributed by atoms with Gasteiger partial charge in [-0.05, 0) is 63.6 Å². The van der Waals surface area contributed by atoms with Crippen LogP contribution >= 0.6 is 27.3 Å². The first-order valence-corrected chi connectivity index (χ1v) is 6.97. The molecule has 0 radical (unpaired) electrons. The van der Waals surface area contributed by atoms with Gasteiger partial charge in [0.2, 0.25) is 0 Å². The third-order valence-corrected chi connectivity index (χ3v) is 4.07. The van der Waals surface area contributed by atoms with E-state index in [-0.39, 0.29) is 0 Å². The van der Waals surface area contributed by atoms with Crippen molar-refractivity contribution in [2.75, 3.05) is 12.4 Å². The van der Waals surface area contributed by atoms with E-state index in [0.717, 1.165) is 23.5 Å². The molecule has 1 heterocycles. The highest BCUT2D eigenvalue weighted by Crippen LogP contribution is 2.24. The average molecular weight is 312 g/mol. The standard InChI is InChI=1S/C13H14BrNOS/c1-9-5-11(3-4-12(9)16-2)15-7-10-6-13(14)17-8-10/h3-6,8,15H,7H2,1-2H3. The molecule has 2 nitrogen and oxygen atoms in total. The van der Waals surface area contributed by atoms with E-state index in [4.69, 9.17) is 4.74 Å². The van der Waals surface area contributed by atoms with Gasteiger partial charge >= 0.3 is 0 Å². The molecule has 0 fully saturated rings. The molecule has 17 heavy (non-hydrogen) atoms. The Hall–Kier alpha value is -1.00. The Labute approximate surface area is 114 Å². The van der Waals surface area contributed by atoms with Crippen molar-refractivity contribution in [1.29, 1.82) is 0 Å². The van der Waals surface area contributed by atoms with Crippen LogP contribution in [0.5, 0.6) is 5.75 Å². The fraction of sp³-hybridized carbons (Fsp3) is 0.231. The lowest BCUT2D eigenvalue weighted by Gasteiger charge is -2.09. The number of hydrogen-bond donors (Lipinski definition) is 1. The van der Waals surface area contributed by atoms with Crippen molar-refractivity contribution < 1.29 is 4.74 Å². The lowest BCUT2D eigenvalue weighted by atomic mass is 10.2. The Morgan fingerprint density at radius 3 is 2.76 bits per heavy atom. The van der Waals surface area contributed by atoms with E-state index in [1.165, 1.54) is 9.35 Å². The summed E-state index contributed by atoms with van der Waals surface area (Å²) in [5.41, 5.74) is 3.55. The molecule has 0 saturated heterocycles. The first-order chi connectivity index (χ1) is 8.19. The van der Waals surface area contributed by atoms with E-state index < -0.39 is 0 Å². The number of rotatable bonds is 4. The van der Waals surface area contributed by atoms with Crippen LogP contribution in [0.25, 0.3) is 0 Å². The first kappa shape index (κ1) is 12.5. The van der Waals surface area contributed by atoms with Crippen LogP contribution in [-0.4, -0.2) is 7.11 Å². The molecular formula is C13H14BrNOS. The summed E-state index contributed by atoms with van der Waals surface area (Å²) in [6.07, 6.45) is 0. The molecule has 1 aromatic carbocycles. The Kier molecular flexibility index (Phi) is 4.07. The molecule has 0 spiro atoms. The number of anilines is 1. The summed E-state index contributed by atoms with van der Waals surface area (Å²) in [4.78, 5) is 0. The van der Waals surface area contributed by atoms with Gasteiger partial charge in [-0.15, -0.1) is 11.3 Å². The molecule has 0 atom stereocenters. The fourth-order valence-corrected chi connectivity index (χ4v) is 2.84. The van der Waals surface area contributed by atoms with Gasteiger partial charge in [0.15, 0.2) is 0 Å². The van der Waals surface area contributed by atoms with Crippen LogP contribution in [0.15, 0.2) is 33.4 Å². The molecular weight excluding hydrogens is 298 g/mol. The molecule has 0 unspecified atom stereocenters. The number of aryl methyl sites for hydroxylation is 1. The van der Waals surface area contributed by atoms with Gasteiger partial charge in [-0.3, -0.25) is 0 Å². The Morgan fingerprint density at radius 2 is 2.18 bits per heavy atom. The van der Waals surface area contributed by atoms with Crippen LogP contribution in [0.1, 0.15) is 11.1 Å². The maximum atomic E-state index is 5.23. The molecule has 2 aromatic rings. The smallest absolute Gasteiger partial charge is 0.121 e. The summed E-state index contributed by atoms with van der Waals surface area (Å²) in [5.74, 6) is 0.925. The lowest BCUT2D eigenvalue weighted by molar-refractivity contribution is 0.412. The predicted molar refractivity (Wildman–Crippen MR) is 77.1 cm³/mol. The Morgan fingerprint density at radius 1 is 1.35 bits per heavy atom. The number of hydrogen-bond acceptors (Lipinski definition) is 3. The quantitative estimate of drug-likeness (QED) is 0.901. The van der Waals surface area contributed by atoms with Crippen molar-refractivity contribution in [3.05, 3.63) is 44.6 Å². The highest BCUT2D eigenvalue weighted by atomic mass is 79.9. The highest BCUT2D eigenvalue weighted by molar-refractivity contribution is 9.11. The van der Waals surface area contributed by atoms with E-state index in [9.17, 15) is 0 Å². The lowest BCUT2D eigenvalue weighted by Crippen LogP contribution is -1.98. The predicted octanol–water partition coefficient (Wildman–Crippen LogP) is 4.44. The molecule has 2 rings (SSSR count). The molecule has 4 heteroatoms. The summed E-state index contributed by atoms with van der Waals surface area (Å²) in [5, 5.41) is 5.54. The number of nitrogens with one attached hydrogen (secondary N) is 1. The molecule has 1 aromatic heterocycles. The van der Waals surface area contributed by atoms with Gasteiger partial charge in [-0.1, -0.05) is 0 Å². The molecule has 90 valence electrons. The molecule has 0 aliphatic carbocycles. The van der Waals surface area contributed by atoms with Gasteiger partial charge in [0.25, 0.3) is 0 Å². The maximum absolute atomic E-state index is 5.23. The molecule has 0 bridgehead atoms. The van der Waals surface area contributed by atoms with Crippen molar-refractivity contribution in [2.24, 2.45) is 0 Å². The van der Waals surface area contributed by atoms with Crippen LogP contribution < -0.4 is 10.1 Å². The SMILES string of the molecule is COc1ccc(NCc2csc(Br)c2)cc1C. The van der Waals surface area contributed by atoms with Gasteiger partial charge in [0.1, 0.15) is 5.75 Å². The van der Waals surface area contributed by atoms with E-state index in [2.05, 4.69) is 38.8 Å². The van der Waals surface area contributed by atoms with Gasteiger partial charge in [-0.2, -0.15) is 0 Å². The summed E-state index contributed by atoms with van der Waals surface area (Å²) in [7, 11) is 1.69. The van der Waals surface area contributed by atoms with Gasteiger partial charge < -0.3 is 10.1 Å². The van der Waals surface area contributed by atoms with Gasteiger partial charge in [0, 0.05) is 12.2 Å². The van der Waals surface area contributed by atoms with Crippen molar-refractivity contribution in [1.82, 2.24) is 0 Å². The number of methoxy groups -OCH3 is 1. The van der Waals surface area contributed by atoms with E-state index in [1.54, 1.807) is 18.4 Å². The van der Waals surface area contributed by atoms with Crippen molar-refractivity contribution in [3.63, 3.8) is 0 Å². The van der Waals surface area contributed by atoms with E-state index in [0.29, 0.717) is 0 Å². The van der Waals surface area contributed by atoms with Crippen molar-refractivity contribution in [2.45, 2.75) is 13.5 Å². The third kappa shape index (κ3) is 3.23. The Balaban J connectivity index is 2.02. The highest BCUT2D eigenvalue weighted by Gasteiger charge is 2.01. The average Bonchev–Trinajstić information content (AvgIpc) is 2.73. The number of ether oxygens (including phenoxy) is 1. The van der Waals surface area contributed by atoms with Gasteiger partial charge in [-0.25, -0.2) is 0 Å². The van der Waals surface area contributed by atoms with Crippen LogP contribution in [0.3, 0.4) is 0 Å². The zero-order valence-corrected chi connectivity index (χ0v) is 12.2.